The maximum absolute atomic E-state index is 12.7. The minimum Gasteiger partial charge on any atom is -0.490 e. The number of benzene rings is 1. The fourth-order valence-corrected chi connectivity index (χ4v) is 4.94. The van der Waals surface area contributed by atoms with Crippen molar-refractivity contribution < 1.29 is 19.1 Å². The van der Waals surface area contributed by atoms with Crippen LogP contribution >= 0.6 is 0 Å². The molecule has 3 aliphatic rings. The lowest BCUT2D eigenvalue weighted by Gasteiger charge is -2.35. The number of hydrogen-bond donors (Lipinski definition) is 1. The zero-order chi connectivity index (χ0) is 21.6. The zero-order valence-electron chi connectivity index (χ0n) is 18.2. The van der Waals surface area contributed by atoms with Crippen LogP contribution in [0.1, 0.15) is 57.8 Å². The van der Waals surface area contributed by atoms with Crippen LogP contribution in [-0.2, 0) is 14.4 Å². The molecule has 0 aromatic heterocycles. The fraction of sp³-hybridized carbons (Fsp3) is 0.625. The number of amides is 3. The van der Waals surface area contributed by atoms with Gasteiger partial charge in [-0.05, 0) is 37.8 Å². The highest BCUT2D eigenvalue weighted by atomic mass is 16.5. The maximum atomic E-state index is 12.7. The lowest BCUT2D eigenvalue weighted by atomic mass is 9.87. The Morgan fingerprint density at radius 1 is 0.935 bits per heavy atom. The summed E-state index contributed by atoms with van der Waals surface area (Å²) in [7, 11) is 0. The first kappa shape index (κ1) is 21.7. The highest BCUT2D eigenvalue weighted by Crippen LogP contribution is 2.31. The molecule has 3 amide bonds. The summed E-state index contributed by atoms with van der Waals surface area (Å²) in [6, 6.07) is 7.57. The van der Waals surface area contributed by atoms with Crippen LogP contribution in [0.15, 0.2) is 24.3 Å². The van der Waals surface area contributed by atoms with Gasteiger partial charge < -0.3 is 19.9 Å². The molecule has 31 heavy (non-hydrogen) atoms. The predicted octanol–water partition coefficient (Wildman–Crippen LogP) is 2.88. The topological polar surface area (TPSA) is 79.0 Å². The molecule has 168 valence electrons. The molecule has 2 fully saturated rings. The molecule has 1 aromatic carbocycles. The third-order valence-corrected chi connectivity index (χ3v) is 6.72. The van der Waals surface area contributed by atoms with E-state index in [2.05, 4.69) is 5.32 Å². The van der Waals surface area contributed by atoms with Gasteiger partial charge in [-0.15, -0.1) is 0 Å². The van der Waals surface area contributed by atoms with Crippen molar-refractivity contribution in [2.75, 3.05) is 31.1 Å². The molecule has 1 aromatic rings. The van der Waals surface area contributed by atoms with E-state index in [-0.39, 0.29) is 36.6 Å². The number of likely N-dealkylation sites (tertiary alicyclic amines) is 1. The minimum atomic E-state index is -0.0908. The largest absolute Gasteiger partial charge is 0.490 e. The summed E-state index contributed by atoms with van der Waals surface area (Å²) in [5, 5.41) is 3.06. The normalized spacial score (nSPS) is 20.0. The van der Waals surface area contributed by atoms with Crippen LogP contribution in [-0.4, -0.2) is 54.9 Å². The molecule has 0 unspecified atom stereocenters. The summed E-state index contributed by atoms with van der Waals surface area (Å²) < 4.78 is 5.59. The van der Waals surface area contributed by atoms with E-state index in [1.165, 1.54) is 6.42 Å². The lowest BCUT2D eigenvalue weighted by Crippen LogP contribution is -2.48. The molecular formula is C24H33N3O4. The highest BCUT2D eigenvalue weighted by Gasteiger charge is 2.30. The molecule has 7 heteroatoms. The van der Waals surface area contributed by atoms with E-state index in [0.29, 0.717) is 37.9 Å². The first-order chi connectivity index (χ1) is 15.1. The van der Waals surface area contributed by atoms with E-state index in [4.69, 9.17) is 4.74 Å². The number of para-hydroxylation sites is 2. The molecule has 0 radical (unpaired) electrons. The van der Waals surface area contributed by atoms with E-state index in [0.717, 1.165) is 44.2 Å². The second kappa shape index (κ2) is 10.2. The molecule has 2 heterocycles. The average molecular weight is 428 g/mol. The van der Waals surface area contributed by atoms with Crippen molar-refractivity contribution in [3.63, 3.8) is 0 Å². The van der Waals surface area contributed by atoms with Crippen LogP contribution in [0, 0.1) is 5.92 Å². The molecule has 4 rings (SSSR count). The third-order valence-electron chi connectivity index (χ3n) is 6.72. The van der Waals surface area contributed by atoms with Crippen LogP contribution in [0.4, 0.5) is 5.69 Å². The van der Waals surface area contributed by atoms with Crippen molar-refractivity contribution in [1.29, 1.82) is 0 Å². The van der Waals surface area contributed by atoms with Gasteiger partial charge in [0, 0.05) is 37.9 Å². The van der Waals surface area contributed by atoms with E-state index in [9.17, 15) is 14.4 Å². The van der Waals surface area contributed by atoms with Gasteiger partial charge in [0.1, 0.15) is 12.4 Å². The number of ether oxygens (including phenoxy) is 1. The van der Waals surface area contributed by atoms with Crippen molar-refractivity contribution in [2.24, 2.45) is 5.92 Å². The Morgan fingerprint density at radius 2 is 1.68 bits per heavy atom. The van der Waals surface area contributed by atoms with Gasteiger partial charge in [0.05, 0.1) is 12.2 Å². The van der Waals surface area contributed by atoms with Crippen LogP contribution in [0.2, 0.25) is 0 Å². The van der Waals surface area contributed by atoms with E-state index in [1.54, 1.807) is 4.90 Å². The molecule has 1 saturated heterocycles. The fourth-order valence-electron chi connectivity index (χ4n) is 4.94. The number of nitrogens with zero attached hydrogens (tertiary/aromatic N) is 2. The number of carbonyl (C=O) groups excluding carboxylic acids is 3. The number of nitrogens with one attached hydrogen (secondary N) is 1. The van der Waals surface area contributed by atoms with E-state index < -0.39 is 0 Å². The summed E-state index contributed by atoms with van der Waals surface area (Å²) in [4.78, 5) is 41.5. The number of hydrogen-bond acceptors (Lipinski definition) is 4. The first-order valence-electron chi connectivity index (χ1n) is 11.7. The molecule has 1 N–H and O–H groups in total. The third kappa shape index (κ3) is 5.38. The second-order valence-electron chi connectivity index (χ2n) is 8.86. The van der Waals surface area contributed by atoms with Gasteiger partial charge in [-0.2, -0.15) is 0 Å². The predicted molar refractivity (Wildman–Crippen MR) is 118 cm³/mol. The lowest BCUT2D eigenvalue weighted by molar-refractivity contribution is -0.137. The van der Waals surface area contributed by atoms with Crippen molar-refractivity contribution in [2.45, 2.75) is 63.8 Å². The Morgan fingerprint density at radius 3 is 2.45 bits per heavy atom. The molecule has 0 atom stereocenters. The molecule has 0 bridgehead atoms. The number of carbonyl (C=O) groups is 3. The maximum Gasteiger partial charge on any atom is 0.227 e. The van der Waals surface area contributed by atoms with Crippen molar-refractivity contribution in [3.05, 3.63) is 24.3 Å². The van der Waals surface area contributed by atoms with Gasteiger partial charge in [0.15, 0.2) is 0 Å². The van der Waals surface area contributed by atoms with Gasteiger partial charge in [-0.1, -0.05) is 31.4 Å². The van der Waals surface area contributed by atoms with Crippen LogP contribution < -0.4 is 15.0 Å². The molecule has 1 saturated carbocycles. The quantitative estimate of drug-likeness (QED) is 0.784. The molecule has 0 spiro atoms. The number of anilines is 1. The van der Waals surface area contributed by atoms with Gasteiger partial charge in [-0.25, -0.2) is 0 Å². The molecular weight excluding hydrogens is 394 g/mol. The summed E-state index contributed by atoms with van der Waals surface area (Å²) in [5.41, 5.74) is 0.772. The standard InChI is InChI=1S/C24H33N3O4/c28-22(10-11-23(29)27-16-17-31-21-9-5-4-8-20(21)27)25-19-12-14-26(15-13-19)24(30)18-6-2-1-3-7-18/h4-5,8-9,18-19H,1-3,6-7,10-17H2,(H,25,28). The van der Waals surface area contributed by atoms with Crippen LogP contribution in [0.3, 0.4) is 0 Å². The minimum absolute atomic E-state index is 0.0567. The van der Waals surface area contributed by atoms with Crippen molar-refractivity contribution in [3.8, 4) is 5.75 Å². The summed E-state index contributed by atoms with van der Waals surface area (Å²) in [6.07, 6.45) is 7.56. The number of piperidine rings is 1. The Balaban J connectivity index is 1.19. The second-order valence-corrected chi connectivity index (χ2v) is 8.86. The Hall–Kier alpha value is -2.57. The Bertz CT molecular complexity index is 798. The SMILES string of the molecule is O=C(CCC(=O)N1CCOc2ccccc21)NC1CCN(C(=O)C2CCCCC2)CC1. The van der Waals surface area contributed by atoms with Crippen molar-refractivity contribution in [1.82, 2.24) is 10.2 Å². The molecule has 2 aliphatic heterocycles. The van der Waals surface area contributed by atoms with E-state index >= 15 is 0 Å². The molecule has 1 aliphatic carbocycles. The van der Waals surface area contributed by atoms with Gasteiger partial charge >= 0.3 is 0 Å². The average Bonchev–Trinajstić information content (AvgIpc) is 2.83. The monoisotopic (exact) mass is 427 g/mol. The number of fused-ring (bicyclic) bond motifs is 1. The summed E-state index contributed by atoms with van der Waals surface area (Å²) >= 11 is 0. The zero-order valence-corrected chi connectivity index (χ0v) is 18.2. The van der Waals surface area contributed by atoms with Gasteiger partial charge in [0.25, 0.3) is 0 Å². The summed E-state index contributed by atoms with van der Waals surface area (Å²) in [6.45, 7) is 2.39. The smallest absolute Gasteiger partial charge is 0.227 e. The molecule has 7 nitrogen and oxygen atoms in total. The van der Waals surface area contributed by atoms with E-state index in [1.807, 2.05) is 29.2 Å². The highest BCUT2D eigenvalue weighted by molar-refractivity contribution is 5.97. The summed E-state index contributed by atoms with van der Waals surface area (Å²) in [5.74, 6) is 1.07. The van der Waals surface area contributed by atoms with Crippen LogP contribution in [0.25, 0.3) is 0 Å². The van der Waals surface area contributed by atoms with Crippen LogP contribution in [0.5, 0.6) is 5.75 Å². The Kier molecular flexibility index (Phi) is 7.10. The van der Waals surface area contributed by atoms with Gasteiger partial charge in [-0.3, -0.25) is 14.4 Å². The Labute approximate surface area is 184 Å². The first-order valence-corrected chi connectivity index (χ1v) is 11.7. The number of rotatable bonds is 5. The van der Waals surface area contributed by atoms with Gasteiger partial charge in [0.2, 0.25) is 17.7 Å². The van der Waals surface area contributed by atoms with Crippen molar-refractivity contribution >= 4 is 23.4 Å².